The van der Waals surface area contributed by atoms with E-state index in [9.17, 15) is 14.9 Å². The topological polar surface area (TPSA) is 63.5 Å². The Labute approximate surface area is 112 Å². The molecule has 0 aliphatic carbocycles. The van der Waals surface area contributed by atoms with Crippen LogP contribution in [0.1, 0.15) is 30.1 Å². The molecule has 1 unspecified atom stereocenters. The van der Waals surface area contributed by atoms with Gasteiger partial charge < -0.3 is 0 Å². The fourth-order valence-electron chi connectivity index (χ4n) is 2.45. The molecule has 19 heavy (non-hydrogen) atoms. The maximum atomic E-state index is 12.1. The van der Waals surface area contributed by atoms with Crippen molar-refractivity contribution in [1.29, 1.82) is 0 Å². The van der Waals surface area contributed by atoms with Gasteiger partial charge >= 0.3 is 0 Å². The van der Waals surface area contributed by atoms with Crippen molar-refractivity contribution < 1.29 is 9.72 Å². The van der Waals surface area contributed by atoms with E-state index in [1.54, 1.807) is 0 Å². The molecule has 0 spiro atoms. The van der Waals surface area contributed by atoms with Crippen LogP contribution in [-0.4, -0.2) is 35.2 Å². The van der Waals surface area contributed by atoms with Gasteiger partial charge in [0.15, 0.2) is 5.78 Å². The summed E-state index contributed by atoms with van der Waals surface area (Å²) in [5.74, 6) is 0.733. The monoisotopic (exact) mass is 262 g/mol. The molecule has 1 atom stereocenters. The molecule has 0 saturated carbocycles. The number of nitrogens with zero attached hydrogens (tertiary/aromatic N) is 2. The first-order chi connectivity index (χ1) is 9.10. The lowest BCUT2D eigenvalue weighted by molar-refractivity contribution is -0.384. The van der Waals surface area contributed by atoms with E-state index >= 15 is 0 Å². The third-order valence-electron chi connectivity index (χ3n) is 3.71. The smallest absolute Gasteiger partial charge is 0.269 e. The molecule has 1 aliphatic rings. The number of carbonyl (C=O) groups is 1. The minimum atomic E-state index is -0.458. The maximum absolute atomic E-state index is 12.1. The summed E-state index contributed by atoms with van der Waals surface area (Å²) in [5, 5.41) is 10.5. The Balaban J connectivity index is 1.95. The number of nitro benzene ring substituents is 1. The maximum Gasteiger partial charge on any atom is 0.269 e. The van der Waals surface area contributed by atoms with Crippen molar-refractivity contribution in [3.05, 3.63) is 39.9 Å². The minimum absolute atomic E-state index is 0.0174. The first-order valence-corrected chi connectivity index (χ1v) is 6.60. The van der Waals surface area contributed by atoms with Crippen LogP contribution < -0.4 is 0 Å². The van der Waals surface area contributed by atoms with Crippen molar-refractivity contribution in [2.24, 2.45) is 5.92 Å². The average molecular weight is 262 g/mol. The number of benzene rings is 1. The zero-order chi connectivity index (χ0) is 13.8. The predicted molar refractivity (Wildman–Crippen MR) is 72.3 cm³/mol. The van der Waals surface area contributed by atoms with Crippen LogP contribution in [0.3, 0.4) is 0 Å². The lowest BCUT2D eigenvalue weighted by atomic mass is 10.1. The number of likely N-dealkylation sites (tertiary alicyclic amines) is 1. The third-order valence-corrected chi connectivity index (χ3v) is 3.71. The Morgan fingerprint density at radius 3 is 2.63 bits per heavy atom. The van der Waals surface area contributed by atoms with Gasteiger partial charge in [0.25, 0.3) is 5.69 Å². The summed E-state index contributed by atoms with van der Waals surface area (Å²) in [6.07, 6.45) is 2.31. The van der Waals surface area contributed by atoms with Crippen LogP contribution in [0.5, 0.6) is 0 Å². The molecule has 1 aliphatic heterocycles. The standard InChI is InChI=1S/C14H18N2O3/c1-2-11-7-8-15(9-11)10-14(17)12-3-5-13(6-4-12)16(18)19/h3-6,11H,2,7-10H2,1H3. The highest BCUT2D eigenvalue weighted by molar-refractivity contribution is 5.97. The van der Waals surface area contributed by atoms with Crippen molar-refractivity contribution in [2.45, 2.75) is 19.8 Å². The van der Waals surface area contributed by atoms with Crippen LogP contribution in [0, 0.1) is 16.0 Å². The Hall–Kier alpha value is -1.75. The van der Waals surface area contributed by atoms with E-state index in [-0.39, 0.29) is 11.5 Å². The lowest BCUT2D eigenvalue weighted by Crippen LogP contribution is -2.27. The summed E-state index contributed by atoms with van der Waals surface area (Å²) in [6, 6.07) is 5.83. The molecule has 0 bridgehead atoms. The SMILES string of the molecule is CCC1CCN(CC(=O)c2ccc([N+](=O)[O-])cc2)C1. The lowest BCUT2D eigenvalue weighted by Gasteiger charge is -2.14. The Bertz CT molecular complexity index is 470. The molecular formula is C14H18N2O3. The van der Waals surface area contributed by atoms with Crippen LogP contribution in [0.15, 0.2) is 24.3 Å². The molecule has 1 aromatic carbocycles. The van der Waals surface area contributed by atoms with Gasteiger partial charge in [-0.3, -0.25) is 19.8 Å². The molecule has 0 radical (unpaired) electrons. The molecule has 1 aromatic rings. The summed E-state index contributed by atoms with van der Waals surface area (Å²) < 4.78 is 0. The Morgan fingerprint density at radius 2 is 2.11 bits per heavy atom. The predicted octanol–water partition coefficient (Wildman–Crippen LogP) is 2.51. The molecule has 1 fully saturated rings. The van der Waals surface area contributed by atoms with Crippen LogP contribution in [-0.2, 0) is 0 Å². The number of non-ortho nitro benzene ring substituents is 1. The zero-order valence-electron chi connectivity index (χ0n) is 11.0. The van der Waals surface area contributed by atoms with Gasteiger partial charge in [0.05, 0.1) is 11.5 Å². The molecule has 0 amide bonds. The number of hydrogen-bond donors (Lipinski definition) is 0. The van der Waals surface area contributed by atoms with E-state index in [4.69, 9.17) is 0 Å². The third kappa shape index (κ3) is 3.38. The van der Waals surface area contributed by atoms with Crippen LogP contribution in [0.2, 0.25) is 0 Å². The molecular weight excluding hydrogens is 244 g/mol. The number of hydrogen-bond acceptors (Lipinski definition) is 4. The fraction of sp³-hybridized carbons (Fsp3) is 0.500. The normalized spacial score (nSPS) is 19.5. The van der Waals surface area contributed by atoms with Crippen LogP contribution in [0.25, 0.3) is 0 Å². The number of carbonyl (C=O) groups excluding carboxylic acids is 1. The summed E-state index contributed by atoms with van der Waals surface area (Å²) in [6.45, 7) is 4.53. The fourth-order valence-corrected chi connectivity index (χ4v) is 2.45. The molecule has 5 nitrogen and oxygen atoms in total. The van der Waals surface area contributed by atoms with E-state index in [0.29, 0.717) is 18.0 Å². The second-order valence-electron chi connectivity index (χ2n) is 5.03. The highest BCUT2D eigenvalue weighted by atomic mass is 16.6. The van der Waals surface area contributed by atoms with Gasteiger partial charge in [-0.1, -0.05) is 13.3 Å². The summed E-state index contributed by atoms with van der Waals surface area (Å²) in [7, 11) is 0. The van der Waals surface area contributed by atoms with E-state index < -0.39 is 4.92 Å². The molecule has 0 N–H and O–H groups in total. The van der Waals surface area contributed by atoms with Gasteiger partial charge in [0, 0.05) is 24.2 Å². The van der Waals surface area contributed by atoms with Gasteiger partial charge in [0.2, 0.25) is 0 Å². The van der Waals surface area contributed by atoms with Gasteiger partial charge in [0.1, 0.15) is 0 Å². The van der Waals surface area contributed by atoms with Crippen molar-refractivity contribution in [1.82, 2.24) is 4.90 Å². The second kappa shape index (κ2) is 5.93. The molecule has 1 saturated heterocycles. The quantitative estimate of drug-likeness (QED) is 0.464. The molecule has 1 heterocycles. The number of rotatable bonds is 5. The first-order valence-electron chi connectivity index (χ1n) is 6.60. The van der Waals surface area contributed by atoms with E-state index in [1.807, 2.05) is 0 Å². The van der Waals surface area contributed by atoms with Crippen molar-refractivity contribution in [2.75, 3.05) is 19.6 Å². The van der Waals surface area contributed by atoms with Gasteiger partial charge in [-0.15, -0.1) is 0 Å². The molecule has 0 aromatic heterocycles. The van der Waals surface area contributed by atoms with Crippen LogP contribution in [0.4, 0.5) is 5.69 Å². The Kier molecular flexibility index (Phi) is 4.27. The largest absolute Gasteiger partial charge is 0.296 e. The number of nitro groups is 1. The highest BCUT2D eigenvalue weighted by Gasteiger charge is 2.23. The summed E-state index contributed by atoms with van der Waals surface area (Å²) in [5.41, 5.74) is 0.564. The van der Waals surface area contributed by atoms with Gasteiger partial charge in [-0.2, -0.15) is 0 Å². The molecule has 5 heteroatoms. The second-order valence-corrected chi connectivity index (χ2v) is 5.03. The Morgan fingerprint density at radius 1 is 1.42 bits per heavy atom. The van der Waals surface area contributed by atoms with E-state index in [0.717, 1.165) is 25.9 Å². The summed E-state index contributed by atoms with van der Waals surface area (Å²) in [4.78, 5) is 24.3. The summed E-state index contributed by atoms with van der Waals surface area (Å²) >= 11 is 0. The highest BCUT2D eigenvalue weighted by Crippen LogP contribution is 2.19. The number of ketones is 1. The number of Topliss-reactive ketones (excluding diaryl/α,β-unsaturated/α-hetero) is 1. The molecule has 102 valence electrons. The zero-order valence-corrected chi connectivity index (χ0v) is 11.0. The average Bonchev–Trinajstić information content (AvgIpc) is 2.86. The van der Waals surface area contributed by atoms with E-state index in [1.165, 1.54) is 24.3 Å². The van der Waals surface area contributed by atoms with Crippen molar-refractivity contribution >= 4 is 11.5 Å². The van der Waals surface area contributed by atoms with Crippen molar-refractivity contribution in [3.8, 4) is 0 Å². The molecule has 2 rings (SSSR count). The van der Waals surface area contributed by atoms with E-state index in [2.05, 4.69) is 11.8 Å². The van der Waals surface area contributed by atoms with Gasteiger partial charge in [-0.25, -0.2) is 0 Å². The minimum Gasteiger partial charge on any atom is -0.296 e. The van der Waals surface area contributed by atoms with Gasteiger partial charge in [-0.05, 0) is 31.0 Å². The van der Waals surface area contributed by atoms with Crippen molar-refractivity contribution in [3.63, 3.8) is 0 Å². The first kappa shape index (κ1) is 13.7. The van der Waals surface area contributed by atoms with Crippen LogP contribution >= 0.6 is 0 Å².